The van der Waals surface area contributed by atoms with Crippen molar-refractivity contribution >= 4 is 40.5 Å². The number of carbonyl (C=O) groups is 1. The standard InChI is InChI=1S/C24H17FINO4/c1-29-21-10-4-6-16(22(21)30-14-15-5-2-9-19(26)11-15)13-20-24(28)31-23(27-20)17-7-3-8-18(25)12-17/h2-13H,14H2,1H3/b20-13-. The highest BCUT2D eigenvalue weighted by atomic mass is 127. The highest BCUT2D eigenvalue weighted by Gasteiger charge is 2.25. The monoisotopic (exact) mass is 529 g/mol. The second-order valence-corrected chi connectivity index (χ2v) is 7.89. The fraction of sp³-hybridized carbons (Fsp3) is 0.0833. The molecule has 31 heavy (non-hydrogen) atoms. The van der Waals surface area contributed by atoms with Gasteiger partial charge in [0.1, 0.15) is 12.4 Å². The number of esters is 1. The molecule has 156 valence electrons. The first-order valence-corrected chi connectivity index (χ1v) is 10.4. The highest BCUT2D eigenvalue weighted by molar-refractivity contribution is 14.1. The lowest BCUT2D eigenvalue weighted by atomic mass is 10.1. The molecule has 0 saturated carbocycles. The third-order valence-electron chi connectivity index (χ3n) is 4.49. The topological polar surface area (TPSA) is 57.1 Å². The maximum Gasteiger partial charge on any atom is 0.363 e. The molecule has 0 aromatic heterocycles. The molecule has 0 atom stereocenters. The van der Waals surface area contributed by atoms with Gasteiger partial charge in [-0.1, -0.05) is 30.3 Å². The average molecular weight is 529 g/mol. The molecular formula is C24H17FINO4. The smallest absolute Gasteiger partial charge is 0.363 e. The number of nitrogens with zero attached hydrogens (tertiary/aromatic N) is 1. The van der Waals surface area contributed by atoms with Gasteiger partial charge in [-0.25, -0.2) is 14.2 Å². The Kier molecular flexibility index (Phi) is 6.31. The van der Waals surface area contributed by atoms with E-state index in [4.69, 9.17) is 14.2 Å². The summed E-state index contributed by atoms with van der Waals surface area (Å²) in [5.74, 6) is 0.0117. The van der Waals surface area contributed by atoms with Crippen LogP contribution in [0.4, 0.5) is 4.39 Å². The average Bonchev–Trinajstić information content (AvgIpc) is 3.13. The number of carbonyl (C=O) groups excluding carboxylic acids is 1. The van der Waals surface area contributed by atoms with Gasteiger partial charge in [0, 0.05) is 14.7 Å². The Bertz CT molecular complexity index is 1210. The van der Waals surface area contributed by atoms with Gasteiger partial charge in [-0.05, 0) is 70.6 Å². The minimum atomic E-state index is -0.620. The second-order valence-electron chi connectivity index (χ2n) is 6.64. The normalized spacial score (nSPS) is 14.4. The van der Waals surface area contributed by atoms with E-state index in [0.29, 0.717) is 29.2 Å². The van der Waals surface area contributed by atoms with Crippen LogP contribution in [0.3, 0.4) is 0 Å². The second kappa shape index (κ2) is 9.30. The Hall–Kier alpha value is -3.20. The number of ether oxygens (including phenoxy) is 3. The summed E-state index contributed by atoms with van der Waals surface area (Å²) in [6.45, 7) is 0.329. The third-order valence-corrected chi connectivity index (χ3v) is 5.16. The molecule has 0 aliphatic carbocycles. The summed E-state index contributed by atoms with van der Waals surface area (Å²) in [5, 5.41) is 0. The molecule has 5 nitrogen and oxygen atoms in total. The van der Waals surface area contributed by atoms with Crippen molar-refractivity contribution in [1.82, 2.24) is 0 Å². The zero-order valence-corrected chi connectivity index (χ0v) is 18.6. The number of methoxy groups -OCH3 is 1. The summed E-state index contributed by atoms with van der Waals surface area (Å²) in [6.07, 6.45) is 1.57. The van der Waals surface area contributed by atoms with E-state index in [1.807, 2.05) is 24.3 Å². The summed E-state index contributed by atoms with van der Waals surface area (Å²) < 4.78 is 31.3. The quantitative estimate of drug-likeness (QED) is 0.245. The van der Waals surface area contributed by atoms with Gasteiger partial charge < -0.3 is 14.2 Å². The van der Waals surface area contributed by atoms with Crippen LogP contribution in [-0.4, -0.2) is 19.0 Å². The minimum absolute atomic E-state index is 0.0555. The van der Waals surface area contributed by atoms with E-state index in [-0.39, 0.29) is 11.6 Å². The summed E-state index contributed by atoms with van der Waals surface area (Å²) in [5.41, 5.74) is 2.09. The summed E-state index contributed by atoms with van der Waals surface area (Å²) in [6, 6.07) is 19.1. The van der Waals surface area contributed by atoms with Crippen LogP contribution in [0.5, 0.6) is 11.5 Å². The van der Waals surface area contributed by atoms with Crippen molar-refractivity contribution in [2.75, 3.05) is 7.11 Å². The van der Waals surface area contributed by atoms with E-state index in [9.17, 15) is 9.18 Å². The van der Waals surface area contributed by atoms with Crippen LogP contribution in [0.15, 0.2) is 77.4 Å². The number of hydrogen-bond acceptors (Lipinski definition) is 5. The van der Waals surface area contributed by atoms with Crippen LogP contribution < -0.4 is 9.47 Å². The van der Waals surface area contributed by atoms with Crippen molar-refractivity contribution in [2.45, 2.75) is 6.61 Å². The molecule has 0 spiro atoms. The maximum atomic E-state index is 13.5. The molecule has 0 N–H and O–H groups in total. The van der Waals surface area contributed by atoms with Crippen molar-refractivity contribution in [3.8, 4) is 11.5 Å². The van der Waals surface area contributed by atoms with Crippen molar-refractivity contribution in [3.63, 3.8) is 0 Å². The summed E-state index contributed by atoms with van der Waals surface area (Å²) in [7, 11) is 1.55. The number of hydrogen-bond donors (Lipinski definition) is 0. The molecule has 1 aliphatic heterocycles. The first-order chi connectivity index (χ1) is 15.0. The van der Waals surface area contributed by atoms with Crippen molar-refractivity contribution in [2.24, 2.45) is 4.99 Å². The zero-order valence-electron chi connectivity index (χ0n) is 16.5. The highest BCUT2D eigenvalue weighted by Crippen LogP contribution is 2.34. The van der Waals surface area contributed by atoms with E-state index < -0.39 is 11.8 Å². The Morgan fingerprint density at radius 2 is 1.90 bits per heavy atom. The number of cyclic esters (lactones) is 1. The molecule has 3 aromatic rings. The van der Waals surface area contributed by atoms with Crippen LogP contribution in [-0.2, 0) is 16.1 Å². The lowest BCUT2D eigenvalue weighted by molar-refractivity contribution is -0.129. The van der Waals surface area contributed by atoms with E-state index in [1.165, 1.54) is 18.2 Å². The van der Waals surface area contributed by atoms with Gasteiger partial charge in [0.2, 0.25) is 5.90 Å². The van der Waals surface area contributed by atoms with E-state index in [1.54, 1.807) is 37.5 Å². The Balaban J connectivity index is 1.66. The number of aliphatic imine (C=N–C) groups is 1. The molecule has 0 fully saturated rings. The largest absolute Gasteiger partial charge is 0.493 e. The van der Waals surface area contributed by atoms with Gasteiger partial charge in [0.05, 0.1) is 7.11 Å². The summed E-state index contributed by atoms with van der Waals surface area (Å²) in [4.78, 5) is 16.6. The van der Waals surface area contributed by atoms with Crippen LogP contribution in [0, 0.1) is 9.39 Å². The van der Waals surface area contributed by atoms with Gasteiger partial charge in [-0.15, -0.1) is 0 Å². The predicted molar refractivity (Wildman–Crippen MR) is 123 cm³/mol. The van der Waals surface area contributed by atoms with Crippen LogP contribution in [0.2, 0.25) is 0 Å². The number of para-hydroxylation sites is 1. The molecule has 7 heteroatoms. The first kappa shape index (κ1) is 21.0. The first-order valence-electron chi connectivity index (χ1n) is 9.36. The van der Waals surface area contributed by atoms with Crippen LogP contribution in [0.25, 0.3) is 6.08 Å². The number of benzene rings is 3. The molecule has 1 aliphatic rings. The van der Waals surface area contributed by atoms with Crippen LogP contribution >= 0.6 is 22.6 Å². The minimum Gasteiger partial charge on any atom is -0.493 e. The molecule has 0 unspecified atom stereocenters. The van der Waals surface area contributed by atoms with Crippen LogP contribution in [0.1, 0.15) is 16.7 Å². The SMILES string of the molecule is COc1cccc(/C=C2\N=C(c3cccc(F)c3)OC2=O)c1OCc1cccc(I)c1. The van der Waals surface area contributed by atoms with Gasteiger partial charge in [0.15, 0.2) is 17.2 Å². The van der Waals surface area contributed by atoms with Crippen molar-refractivity contribution in [3.05, 3.63) is 98.5 Å². The van der Waals surface area contributed by atoms with Gasteiger partial charge in [-0.3, -0.25) is 0 Å². The molecule has 3 aromatic carbocycles. The molecule has 0 radical (unpaired) electrons. The van der Waals surface area contributed by atoms with E-state index >= 15 is 0 Å². The van der Waals surface area contributed by atoms with E-state index in [2.05, 4.69) is 27.6 Å². The number of halogens is 2. The molecule has 0 saturated heterocycles. The Morgan fingerprint density at radius 1 is 1.10 bits per heavy atom. The van der Waals surface area contributed by atoms with Gasteiger partial charge in [0.25, 0.3) is 0 Å². The Morgan fingerprint density at radius 3 is 2.68 bits per heavy atom. The fourth-order valence-electron chi connectivity index (χ4n) is 3.05. The lowest BCUT2D eigenvalue weighted by Gasteiger charge is -2.13. The zero-order chi connectivity index (χ0) is 21.8. The molecule has 1 heterocycles. The van der Waals surface area contributed by atoms with Gasteiger partial charge in [-0.2, -0.15) is 0 Å². The van der Waals surface area contributed by atoms with Gasteiger partial charge >= 0.3 is 5.97 Å². The van der Waals surface area contributed by atoms with E-state index in [0.717, 1.165) is 9.13 Å². The molecular weight excluding hydrogens is 512 g/mol. The van der Waals surface area contributed by atoms with Crippen molar-refractivity contribution in [1.29, 1.82) is 0 Å². The molecule has 4 rings (SSSR count). The van der Waals surface area contributed by atoms with Crippen molar-refractivity contribution < 1.29 is 23.4 Å². The number of rotatable bonds is 6. The maximum absolute atomic E-state index is 13.5. The summed E-state index contributed by atoms with van der Waals surface area (Å²) >= 11 is 2.24. The molecule has 0 bridgehead atoms. The third kappa shape index (κ3) is 4.93. The predicted octanol–water partition coefficient (Wildman–Crippen LogP) is 5.36. The lowest BCUT2D eigenvalue weighted by Crippen LogP contribution is -2.05. The fourth-order valence-corrected chi connectivity index (χ4v) is 3.65. The molecule has 0 amide bonds. The Labute approximate surface area is 192 Å².